The maximum absolute atomic E-state index is 13.1. The van der Waals surface area contributed by atoms with Crippen LogP contribution in [0.3, 0.4) is 0 Å². The van der Waals surface area contributed by atoms with Gasteiger partial charge in [0.2, 0.25) is 11.8 Å². The van der Waals surface area contributed by atoms with Crippen LogP contribution in [0.4, 0.5) is 4.39 Å². The van der Waals surface area contributed by atoms with Gasteiger partial charge in [-0.2, -0.15) is 0 Å². The van der Waals surface area contributed by atoms with E-state index in [1.165, 1.54) is 12.1 Å². The standard InChI is InChI=1S/C14H19ClFN3O2/c1-14(2,10-4-3-9(16)5-11(10)15)8-19-13(21)7-18-12(20)6-17/h3-5H,6-8,17H2,1-2H3,(H,18,20)(H,19,21). The van der Waals surface area contributed by atoms with Crippen molar-refractivity contribution in [3.63, 3.8) is 0 Å². The largest absolute Gasteiger partial charge is 0.354 e. The van der Waals surface area contributed by atoms with Crippen LogP contribution in [0.15, 0.2) is 18.2 Å². The summed E-state index contributed by atoms with van der Waals surface area (Å²) in [5.74, 6) is -1.14. The minimum Gasteiger partial charge on any atom is -0.354 e. The molecule has 1 rings (SSSR count). The quantitative estimate of drug-likeness (QED) is 0.730. The van der Waals surface area contributed by atoms with Crippen LogP contribution in [0.5, 0.6) is 0 Å². The maximum atomic E-state index is 13.1. The van der Waals surface area contributed by atoms with Gasteiger partial charge in [0, 0.05) is 17.0 Å². The van der Waals surface area contributed by atoms with Gasteiger partial charge in [0.1, 0.15) is 5.82 Å². The van der Waals surface area contributed by atoms with E-state index in [4.69, 9.17) is 17.3 Å². The summed E-state index contributed by atoms with van der Waals surface area (Å²) in [5.41, 5.74) is 5.38. The molecule has 116 valence electrons. The summed E-state index contributed by atoms with van der Waals surface area (Å²) >= 11 is 6.03. The number of amides is 2. The Labute approximate surface area is 128 Å². The Bertz CT molecular complexity index is 535. The topological polar surface area (TPSA) is 84.2 Å². The fourth-order valence-corrected chi connectivity index (χ4v) is 2.19. The number of rotatable bonds is 6. The molecule has 0 heterocycles. The lowest BCUT2D eigenvalue weighted by Gasteiger charge is -2.26. The Morgan fingerprint density at radius 1 is 1.29 bits per heavy atom. The van der Waals surface area contributed by atoms with Crippen molar-refractivity contribution in [3.05, 3.63) is 34.6 Å². The number of nitrogens with two attached hydrogens (primary N) is 1. The number of carbonyl (C=O) groups excluding carboxylic acids is 2. The summed E-state index contributed by atoms with van der Waals surface area (Å²) in [7, 11) is 0. The Balaban J connectivity index is 2.60. The summed E-state index contributed by atoms with van der Waals surface area (Å²) in [5, 5.41) is 5.38. The lowest BCUT2D eigenvalue weighted by Crippen LogP contribution is -2.43. The fourth-order valence-electron chi connectivity index (χ4n) is 1.77. The SMILES string of the molecule is CC(C)(CNC(=O)CNC(=O)CN)c1ccc(F)cc1Cl. The van der Waals surface area contributed by atoms with Crippen molar-refractivity contribution in [3.8, 4) is 0 Å². The molecular weight excluding hydrogens is 297 g/mol. The Hall–Kier alpha value is -1.66. The first kappa shape index (κ1) is 17.4. The highest BCUT2D eigenvalue weighted by Gasteiger charge is 2.24. The van der Waals surface area contributed by atoms with Crippen LogP contribution < -0.4 is 16.4 Å². The smallest absolute Gasteiger partial charge is 0.239 e. The van der Waals surface area contributed by atoms with Crippen LogP contribution in [0.2, 0.25) is 5.02 Å². The van der Waals surface area contributed by atoms with Crippen LogP contribution in [-0.4, -0.2) is 31.4 Å². The number of carbonyl (C=O) groups is 2. The average molecular weight is 316 g/mol. The molecule has 4 N–H and O–H groups in total. The first-order valence-corrected chi connectivity index (χ1v) is 6.83. The van der Waals surface area contributed by atoms with E-state index in [2.05, 4.69) is 10.6 Å². The molecule has 1 aromatic rings. The molecule has 1 aromatic carbocycles. The van der Waals surface area contributed by atoms with E-state index in [0.29, 0.717) is 11.6 Å². The highest BCUT2D eigenvalue weighted by atomic mass is 35.5. The van der Waals surface area contributed by atoms with Crippen molar-refractivity contribution in [1.29, 1.82) is 0 Å². The molecule has 0 aliphatic carbocycles. The molecule has 0 atom stereocenters. The second kappa shape index (κ2) is 7.38. The van der Waals surface area contributed by atoms with Gasteiger partial charge in [0.25, 0.3) is 0 Å². The zero-order chi connectivity index (χ0) is 16.0. The van der Waals surface area contributed by atoms with Crippen LogP contribution >= 0.6 is 11.6 Å². The predicted octanol–water partition coefficient (Wildman–Crippen LogP) is 0.948. The second-order valence-corrected chi connectivity index (χ2v) is 5.67. The summed E-state index contributed by atoms with van der Waals surface area (Å²) in [4.78, 5) is 22.6. The molecule has 0 radical (unpaired) electrons. The van der Waals surface area contributed by atoms with Gasteiger partial charge >= 0.3 is 0 Å². The Kier molecular flexibility index (Phi) is 6.11. The number of benzene rings is 1. The molecule has 0 unspecified atom stereocenters. The highest BCUT2D eigenvalue weighted by molar-refractivity contribution is 6.31. The maximum Gasteiger partial charge on any atom is 0.239 e. The van der Waals surface area contributed by atoms with E-state index in [1.54, 1.807) is 6.07 Å². The summed E-state index contributed by atoms with van der Waals surface area (Å²) < 4.78 is 13.1. The van der Waals surface area contributed by atoms with Crippen molar-refractivity contribution in [2.24, 2.45) is 5.73 Å². The monoisotopic (exact) mass is 315 g/mol. The van der Waals surface area contributed by atoms with Gasteiger partial charge in [-0.25, -0.2) is 4.39 Å². The molecule has 7 heteroatoms. The van der Waals surface area contributed by atoms with Gasteiger partial charge in [0.15, 0.2) is 0 Å². The fraction of sp³-hybridized carbons (Fsp3) is 0.429. The van der Waals surface area contributed by atoms with Gasteiger partial charge in [-0.15, -0.1) is 0 Å². The molecule has 0 saturated carbocycles. The van der Waals surface area contributed by atoms with E-state index in [1.807, 2.05) is 13.8 Å². The molecule has 0 aliphatic rings. The van der Waals surface area contributed by atoms with Crippen molar-refractivity contribution in [2.75, 3.05) is 19.6 Å². The summed E-state index contributed by atoms with van der Waals surface area (Å²) in [6.07, 6.45) is 0. The molecule has 2 amide bonds. The molecule has 0 spiro atoms. The third-order valence-corrected chi connectivity index (χ3v) is 3.33. The predicted molar refractivity (Wildman–Crippen MR) is 79.5 cm³/mol. The molecule has 5 nitrogen and oxygen atoms in total. The first-order valence-electron chi connectivity index (χ1n) is 6.45. The molecule has 0 aromatic heterocycles. The summed E-state index contributed by atoms with van der Waals surface area (Å²) in [6.45, 7) is 3.76. The lowest BCUT2D eigenvalue weighted by molar-refractivity contribution is -0.125. The third-order valence-electron chi connectivity index (χ3n) is 3.02. The molecule has 0 fully saturated rings. The van der Waals surface area contributed by atoms with Gasteiger partial charge < -0.3 is 16.4 Å². The van der Waals surface area contributed by atoms with Crippen molar-refractivity contribution >= 4 is 23.4 Å². The second-order valence-electron chi connectivity index (χ2n) is 5.27. The average Bonchev–Trinajstić information content (AvgIpc) is 2.42. The molecule has 0 aliphatic heterocycles. The van der Waals surface area contributed by atoms with Crippen molar-refractivity contribution in [2.45, 2.75) is 19.3 Å². The zero-order valence-corrected chi connectivity index (χ0v) is 12.8. The van der Waals surface area contributed by atoms with Crippen molar-refractivity contribution in [1.82, 2.24) is 10.6 Å². The van der Waals surface area contributed by atoms with E-state index in [-0.39, 0.29) is 19.0 Å². The zero-order valence-electron chi connectivity index (χ0n) is 12.0. The molecular formula is C14H19ClFN3O2. The van der Waals surface area contributed by atoms with E-state index in [0.717, 1.165) is 5.56 Å². The van der Waals surface area contributed by atoms with Gasteiger partial charge in [-0.05, 0) is 17.7 Å². The minimum atomic E-state index is -0.474. The number of hydrogen-bond donors (Lipinski definition) is 3. The van der Waals surface area contributed by atoms with Crippen LogP contribution in [0, 0.1) is 5.82 Å². The van der Waals surface area contributed by atoms with Crippen LogP contribution in [-0.2, 0) is 15.0 Å². The third kappa shape index (κ3) is 5.32. The van der Waals surface area contributed by atoms with E-state index >= 15 is 0 Å². The Morgan fingerprint density at radius 3 is 2.52 bits per heavy atom. The van der Waals surface area contributed by atoms with Gasteiger partial charge in [-0.1, -0.05) is 31.5 Å². The van der Waals surface area contributed by atoms with Gasteiger partial charge in [-0.3, -0.25) is 9.59 Å². The van der Waals surface area contributed by atoms with Crippen molar-refractivity contribution < 1.29 is 14.0 Å². The van der Waals surface area contributed by atoms with E-state index in [9.17, 15) is 14.0 Å². The minimum absolute atomic E-state index is 0.136. The molecule has 0 saturated heterocycles. The number of nitrogens with one attached hydrogen (secondary N) is 2. The number of hydrogen-bond acceptors (Lipinski definition) is 3. The van der Waals surface area contributed by atoms with E-state index < -0.39 is 17.1 Å². The molecule has 21 heavy (non-hydrogen) atoms. The number of halogens is 2. The first-order chi connectivity index (χ1) is 9.76. The summed E-state index contributed by atoms with van der Waals surface area (Å²) in [6, 6.07) is 4.16. The lowest BCUT2D eigenvalue weighted by atomic mass is 9.84. The highest BCUT2D eigenvalue weighted by Crippen LogP contribution is 2.29. The molecule has 0 bridgehead atoms. The normalized spacial score (nSPS) is 11.1. The van der Waals surface area contributed by atoms with Crippen LogP contribution in [0.1, 0.15) is 19.4 Å². The van der Waals surface area contributed by atoms with Gasteiger partial charge in [0.05, 0.1) is 13.1 Å². The van der Waals surface area contributed by atoms with Crippen LogP contribution in [0.25, 0.3) is 0 Å². The Morgan fingerprint density at radius 2 is 1.95 bits per heavy atom.